The van der Waals surface area contributed by atoms with Gasteiger partial charge in [0.25, 0.3) is 0 Å². The molecule has 0 fully saturated rings. The maximum atomic E-state index is 12.9. The second-order valence-electron chi connectivity index (χ2n) is 7.58. The zero-order valence-corrected chi connectivity index (χ0v) is 18.1. The van der Waals surface area contributed by atoms with Gasteiger partial charge in [0, 0.05) is 37.3 Å². The number of aryl methyl sites for hydroxylation is 2. The predicted molar refractivity (Wildman–Crippen MR) is 115 cm³/mol. The van der Waals surface area contributed by atoms with Gasteiger partial charge in [0.15, 0.2) is 5.60 Å². The van der Waals surface area contributed by atoms with Crippen molar-refractivity contribution in [2.75, 3.05) is 18.0 Å². The van der Waals surface area contributed by atoms with Crippen molar-refractivity contribution in [1.82, 2.24) is 9.78 Å². The van der Waals surface area contributed by atoms with Crippen LogP contribution in [0.15, 0.2) is 36.4 Å². The Hall–Kier alpha value is -2.99. The van der Waals surface area contributed by atoms with Crippen molar-refractivity contribution in [2.24, 2.45) is 7.05 Å². The third-order valence-corrected chi connectivity index (χ3v) is 6.34. The lowest BCUT2D eigenvalue weighted by atomic mass is 9.78. The van der Waals surface area contributed by atoms with Gasteiger partial charge in [-0.15, -0.1) is 0 Å². The predicted octanol–water partition coefficient (Wildman–Crippen LogP) is 4.80. The van der Waals surface area contributed by atoms with E-state index in [9.17, 15) is 4.79 Å². The number of halogens is 1. The number of carbonyl (C=O) groups is 1. The number of hydrogen-bond donors (Lipinski definition) is 0. The summed E-state index contributed by atoms with van der Waals surface area (Å²) < 4.78 is 14.2. The first kappa shape index (κ1) is 19.0. The molecule has 1 unspecified atom stereocenters. The molecule has 1 spiro atoms. The molecule has 0 aliphatic carbocycles. The molecule has 30 heavy (non-hydrogen) atoms. The van der Waals surface area contributed by atoms with Crippen molar-refractivity contribution < 1.29 is 14.3 Å². The summed E-state index contributed by atoms with van der Waals surface area (Å²) in [5.41, 5.74) is 3.27. The summed E-state index contributed by atoms with van der Waals surface area (Å²) in [5, 5.41) is 5.15. The standard InChI is InChI=1S/C23H22ClN3O3/c1-5-27(6-2)18-12-19-16(11-17(18)24)23(20-13(3)25-26(4)21(20)29-19)15-10-8-7-9-14(15)22(28)30-23/h7-12H,5-6H2,1-4H3. The van der Waals surface area contributed by atoms with Crippen LogP contribution in [0.25, 0.3) is 0 Å². The molecule has 154 valence electrons. The molecule has 0 saturated heterocycles. The fourth-order valence-corrected chi connectivity index (χ4v) is 4.99. The van der Waals surface area contributed by atoms with Gasteiger partial charge < -0.3 is 14.4 Å². The quantitative estimate of drug-likeness (QED) is 0.566. The van der Waals surface area contributed by atoms with Crippen molar-refractivity contribution in [3.63, 3.8) is 0 Å². The first-order valence-electron chi connectivity index (χ1n) is 10.1. The second-order valence-corrected chi connectivity index (χ2v) is 7.99. The van der Waals surface area contributed by atoms with Crippen molar-refractivity contribution in [2.45, 2.75) is 26.4 Å². The topological polar surface area (TPSA) is 56.6 Å². The molecule has 7 heteroatoms. The first-order chi connectivity index (χ1) is 14.4. The zero-order chi connectivity index (χ0) is 21.2. The minimum Gasteiger partial charge on any atom is -0.440 e. The van der Waals surface area contributed by atoms with E-state index in [1.807, 2.05) is 44.3 Å². The van der Waals surface area contributed by atoms with Crippen LogP contribution in [-0.2, 0) is 17.4 Å². The maximum Gasteiger partial charge on any atom is 0.340 e. The van der Waals surface area contributed by atoms with E-state index in [1.165, 1.54) is 0 Å². The highest BCUT2D eigenvalue weighted by atomic mass is 35.5. The number of aromatic nitrogens is 2. The van der Waals surface area contributed by atoms with Crippen LogP contribution in [0.5, 0.6) is 11.6 Å². The van der Waals surface area contributed by atoms with Gasteiger partial charge in [-0.3, -0.25) is 0 Å². The molecule has 0 bridgehead atoms. The van der Waals surface area contributed by atoms with Gasteiger partial charge in [0.2, 0.25) is 5.88 Å². The molecule has 0 saturated carbocycles. The molecule has 2 aliphatic rings. The Labute approximate surface area is 180 Å². The normalized spacial score (nSPS) is 18.5. The van der Waals surface area contributed by atoms with Crippen LogP contribution in [0, 0.1) is 6.92 Å². The van der Waals surface area contributed by atoms with Crippen LogP contribution >= 0.6 is 11.6 Å². The molecule has 0 N–H and O–H groups in total. The lowest BCUT2D eigenvalue weighted by Gasteiger charge is -2.36. The largest absolute Gasteiger partial charge is 0.440 e. The summed E-state index contributed by atoms with van der Waals surface area (Å²) in [6.45, 7) is 7.69. The Morgan fingerprint density at radius 3 is 2.63 bits per heavy atom. The molecule has 3 aromatic rings. The molecule has 1 atom stereocenters. The first-order valence-corrected chi connectivity index (χ1v) is 10.4. The molecular formula is C23H22ClN3O3. The minimum atomic E-state index is -1.14. The van der Waals surface area contributed by atoms with E-state index in [4.69, 9.17) is 21.1 Å². The van der Waals surface area contributed by atoms with E-state index in [-0.39, 0.29) is 5.97 Å². The molecule has 5 rings (SSSR count). The van der Waals surface area contributed by atoms with E-state index < -0.39 is 5.60 Å². The van der Waals surface area contributed by atoms with Crippen molar-refractivity contribution in [1.29, 1.82) is 0 Å². The zero-order valence-electron chi connectivity index (χ0n) is 17.3. The summed E-state index contributed by atoms with van der Waals surface area (Å²) in [6.07, 6.45) is 0. The molecular weight excluding hydrogens is 402 g/mol. The highest BCUT2D eigenvalue weighted by molar-refractivity contribution is 6.33. The van der Waals surface area contributed by atoms with E-state index in [0.717, 1.165) is 35.6 Å². The summed E-state index contributed by atoms with van der Waals surface area (Å²) in [7, 11) is 1.83. The minimum absolute atomic E-state index is 0.364. The molecule has 2 aromatic carbocycles. The maximum absolute atomic E-state index is 12.9. The van der Waals surface area contributed by atoms with Gasteiger partial charge in [-0.25, -0.2) is 9.48 Å². The lowest BCUT2D eigenvalue weighted by molar-refractivity contribution is 0.0221. The van der Waals surface area contributed by atoms with E-state index in [0.29, 0.717) is 27.8 Å². The Kier molecular flexibility index (Phi) is 4.12. The second kappa shape index (κ2) is 6.51. The number of anilines is 1. The van der Waals surface area contributed by atoms with Crippen molar-refractivity contribution in [3.8, 4) is 11.6 Å². The van der Waals surface area contributed by atoms with Gasteiger partial charge in [-0.05, 0) is 32.9 Å². The van der Waals surface area contributed by atoms with Gasteiger partial charge in [0.1, 0.15) is 5.75 Å². The summed E-state index contributed by atoms with van der Waals surface area (Å²) >= 11 is 6.75. The number of hydrogen-bond acceptors (Lipinski definition) is 5. The van der Waals surface area contributed by atoms with Crippen LogP contribution < -0.4 is 9.64 Å². The van der Waals surface area contributed by atoms with Gasteiger partial charge in [0.05, 0.1) is 27.5 Å². The van der Waals surface area contributed by atoms with Crippen LogP contribution in [0.4, 0.5) is 5.69 Å². The molecule has 2 aliphatic heterocycles. The number of ether oxygens (including phenoxy) is 2. The van der Waals surface area contributed by atoms with Crippen LogP contribution in [0.1, 0.15) is 46.6 Å². The van der Waals surface area contributed by atoms with Gasteiger partial charge in [-0.1, -0.05) is 29.8 Å². The average molecular weight is 424 g/mol. The average Bonchev–Trinajstić information content (AvgIpc) is 3.18. The molecule has 0 amide bonds. The van der Waals surface area contributed by atoms with Crippen LogP contribution in [0.2, 0.25) is 5.02 Å². The van der Waals surface area contributed by atoms with E-state index in [1.54, 1.807) is 10.7 Å². The Bertz CT molecular complexity index is 1200. The number of fused-ring (bicyclic) bond motifs is 6. The molecule has 1 aromatic heterocycles. The number of carbonyl (C=O) groups excluding carboxylic acids is 1. The number of esters is 1. The molecule has 6 nitrogen and oxygen atoms in total. The summed E-state index contributed by atoms with van der Waals surface area (Å²) in [5.74, 6) is 0.815. The van der Waals surface area contributed by atoms with E-state index >= 15 is 0 Å². The number of rotatable bonds is 3. The van der Waals surface area contributed by atoms with Crippen LogP contribution in [-0.4, -0.2) is 28.8 Å². The van der Waals surface area contributed by atoms with Crippen molar-refractivity contribution in [3.05, 3.63) is 69.4 Å². The SMILES string of the molecule is CCN(CC)c1cc2c(cc1Cl)C1(OC(=O)c3ccccc31)c1c(C)nn(C)c1O2. The third-order valence-electron chi connectivity index (χ3n) is 6.03. The number of nitrogens with zero attached hydrogens (tertiary/aromatic N) is 3. The van der Waals surface area contributed by atoms with E-state index in [2.05, 4.69) is 23.8 Å². The summed E-state index contributed by atoms with van der Waals surface area (Å²) in [6, 6.07) is 11.3. The Morgan fingerprint density at radius 2 is 1.90 bits per heavy atom. The fourth-order valence-electron chi connectivity index (χ4n) is 4.71. The lowest BCUT2D eigenvalue weighted by Crippen LogP contribution is -2.34. The molecule has 0 radical (unpaired) electrons. The summed E-state index contributed by atoms with van der Waals surface area (Å²) in [4.78, 5) is 15.1. The van der Waals surface area contributed by atoms with Gasteiger partial charge in [-0.2, -0.15) is 5.10 Å². The highest BCUT2D eigenvalue weighted by Crippen LogP contribution is 2.58. The van der Waals surface area contributed by atoms with Gasteiger partial charge >= 0.3 is 5.97 Å². The monoisotopic (exact) mass is 423 g/mol. The van der Waals surface area contributed by atoms with Crippen LogP contribution in [0.3, 0.4) is 0 Å². The number of benzene rings is 2. The smallest absolute Gasteiger partial charge is 0.340 e. The van der Waals surface area contributed by atoms with Crippen molar-refractivity contribution >= 4 is 23.3 Å². The Balaban J connectivity index is 1.86. The molecule has 3 heterocycles. The Morgan fingerprint density at radius 1 is 1.17 bits per heavy atom. The third kappa shape index (κ3) is 2.31. The fraction of sp³-hybridized carbons (Fsp3) is 0.304. The highest BCUT2D eigenvalue weighted by Gasteiger charge is 2.56.